The second kappa shape index (κ2) is 5.57. The highest BCUT2D eigenvalue weighted by Gasteiger charge is 2.16. The number of benzene rings is 2. The minimum absolute atomic E-state index is 0.146. The third-order valence-corrected chi connectivity index (χ3v) is 5.88. The lowest BCUT2D eigenvalue weighted by Gasteiger charge is -2.04. The molecule has 0 amide bonds. The highest BCUT2D eigenvalue weighted by molar-refractivity contribution is 9.10. The van der Waals surface area contributed by atoms with Crippen LogP contribution in [0.25, 0.3) is 10.2 Å². The number of aromatic nitrogens is 1. The van der Waals surface area contributed by atoms with E-state index in [2.05, 4.69) is 25.6 Å². The molecule has 0 saturated heterocycles. The van der Waals surface area contributed by atoms with Gasteiger partial charge in [0.25, 0.3) is 10.0 Å². The molecule has 1 N–H and O–H groups in total. The van der Waals surface area contributed by atoms with Gasteiger partial charge in [-0.05, 0) is 42.5 Å². The van der Waals surface area contributed by atoms with E-state index in [0.717, 1.165) is 14.7 Å². The van der Waals surface area contributed by atoms with Crippen LogP contribution in [0, 0.1) is 0 Å². The van der Waals surface area contributed by atoms with Gasteiger partial charge in [-0.25, -0.2) is 13.4 Å². The molecule has 1 aromatic heterocycles. The first-order valence-corrected chi connectivity index (χ1v) is 9.26. The van der Waals surface area contributed by atoms with Crippen molar-refractivity contribution in [3.8, 4) is 0 Å². The Morgan fingerprint density at radius 1 is 1.14 bits per heavy atom. The number of fused-ring (bicyclic) bond motifs is 1. The number of hydrogen-bond donors (Lipinski definition) is 1. The number of nitrogens with zero attached hydrogens (tertiary/aromatic N) is 1. The van der Waals surface area contributed by atoms with Gasteiger partial charge in [0.15, 0.2) is 5.13 Å². The molecule has 0 spiro atoms. The summed E-state index contributed by atoms with van der Waals surface area (Å²) >= 11 is 10.4. The summed E-state index contributed by atoms with van der Waals surface area (Å²) in [5.74, 6) is 0. The van der Waals surface area contributed by atoms with Gasteiger partial charge in [-0.2, -0.15) is 0 Å². The zero-order valence-corrected chi connectivity index (χ0v) is 14.4. The zero-order chi connectivity index (χ0) is 15.0. The second-order valence-corrected chi connectivity index (χ2v) is 8.26. The minimum atomic E-state index is -3.66. The highest BCUT2D eigenvalue weighted by atomic mass is 79.9. The van der Waals surface area contributed by atoms with Crippen molar-refractivity contribution < 1.29 is 8.42 Å². The number of nitrogens with one attached hydrogen (secondary N) is 1. The fourth-order valence-corrected chi connectivity index (χ4v) is 4.29. The Bertz CT molecular complexity index is 908. The van der Waals surface area contributed by atoms with Crippen LogP contribution in [0.15, 0.2) is 51.8 Å². The SMILES string of the molecule is O=S(=O)(Nc1nc2cc(Br)ccc2s1)c1ccc(Cl)cc1. The molecule has 0 saturated carbocycles. The average molecular weight is 404 g/mol. The van der Waals surface area contributed by atoms with Crippen LogP contribution in [0.3, 0.4) is 0 Å². The Morgan fingerprint density at radius 3 is 2.57 bits per heavy atom. The fourth-order valence-electron chi connectivity index (χ4n) is 1.73. The quantitative estimate of drug-likeness (QED) is 0.700. The first-order chi connectivity index (χ1) is 9.94. The second-order valence-electron chi connectivity index (χ2n) is 4.19. The van der Waals surface area contributed by atoms with Crippen molar-refractivity contribution in [3.05, 3.63) is 52.0 Å². The molecule has 0 atom stereocenters. The Morgan fingerprint density at radius 2 is 1.86 bits per heavy atom. The summed E-state index contributed by atoms with van der Waals surface area (Å²) in [6.45, 7) is 0. The molecule has 21 heavy (non-hydrogen) atoms. The van der Waals surface area contributed by atoms with Crippen molar-refractivity contribution in [2.45, 2.75) is 4.90 Å². The number of rotatable bonds is 3. The van der Waals surface area contributed by atoms with Crippen LogP contribution in [0.4, 0.5) is 5.13 Å². The summed E-state index contributed by atoms with van der Waals surface area (Å²) in [5.41, 5.74) is 0.739. The number of anilines is 1. The van der Waals surface area contributed by atoms with E-state index in [0.29, 0.717) is 10.2 Å². The average Bonchev–Trinajstić information content (AvgIpc) is 2.79. The Balaban J connectivity index is 1.95. The first kappa shape index (κ1) is 14.8. The normalized spacial score (nSPS) is 11.7. The van der Waals surface area contributed by atoms with Crippen molar-refractivity contribution in [1.29, 1.82) is 0 Å². The largest absolute Gasteiger partial charge is 0.263 e. The van der Waals surface area contributed by atoms with Crippen LogP contribution in [-0.2, 0) is 10.0 Å². The van der Waals surface area contributed by atoms with Gasteiger partial charge in [0.05, 0.1) is 15.1 Å². The van der Waals surface area contributed by atoms with Gasteiger partial charge in [-0.3, -0.25) is 4.72 Å². The molecule has 0 bridgehead atoms. The molecule has 8 heteroatoms. The molecule has 0 unspecified atom stereocenters. The molecule has 0 radical (unpaired) electrons. The molecule has 0 aliphatic heterocycles. The summed E-state index contributed by atoms with van der Waals surface area (Å²) in [5, 5.41) is 0.817. The predicted molar refractivity (Wildman–Crippen MR) is 89.6 cm³/mol. The van der Waals surface area contributed by atoms with Crippen LogP contribution in [0.2, 0.25) is 5.02 Å². The molecule has 1 heterocycles. The summed E-state index contributed by atoms with van der Waals surface area (Å²) < 4.78 is 28.8. The third kappa shape index (κ3) is 3.21. The van der Waals surface area contributed by atoms with E-state index in [-0.39, 0.29) is 4.90 Å². The number of thiazole rings is 1. The molecule has 0 aliphatic rings. The van der Waals surface area contributed by atoms with Crippen molar-refractivity contribution in [2.24, 2.45) is 0 Å². The Hall–Kier alpha value is -1.15. The molecule has 108 valence electrons. The smallest absolute Gasteiger partial charge is 0.255 e. The Labute approximate surface area is 139 Å². The molecule has 4 nitrogen and oxygen atoms in total. The van der Waals surface area contributed by atoms with Crippen molar-refractivity contribution in [2.75, 3.05) is 4.72 Å². The maximum absolute atomic E-state index is 12.3. The van der Waals surface area contributed by atoms with Crippen LogP contribution >= 0.6 is 38.9 Å². The third-order valence-electron chi connectivity index (χ3n) is 2.70. The van der Waals surface area contributed by atoms with Crippen molar-refractivity contribution in [3.63, 3.8) is 0 Å². The zero-order valence-electron chi connectivity index (χ0n) is 10.4. The van der Waals surface area contributed by atoms with Crippen LogP contribution in [0.5, 0.6) is 0 Å². The van der Waals surface area contributed by atoms with Crippen molar-refractivity contribution in [1.82, 2.24) is 4.98 Å². The lowest BCUT2D eigenvalue weighted by Crippen LogP contribution is -2.12. The molecule has 2 aromatic carbocycles. The van der Waals surface area contributed by atoms with E-state index in [1.165, 1.54) is 35.6 Å². The number of sulfonamides is 1. The molecule has 3 rings (SSSR count). The number of halogens is 2. The van der Waals surface area contributed by atoms with Crippen LogP contribution in [-0.4, -0.2) is 13.4 Å². The number of hydrogen-bond acceptors (Lipinski definition) is 4. The van der Waals surface area contributed by atoms with Gasteiger partial charge < -0.3 is 0 Å². The Kier molecular flexibility index (Phi) is 3.92. The monoisotopic (exact) mass is 402 g/mol. The van der Waals surface area contributed by atoms with E-state index in [9.17, 15) is 8.42 Å². The van der Waals surface area contributed by atoms with E-state index in [1.54, 1.807) is 0 Å². The molecular weight excluding hydrogens is 396 g/mol. The van der Waals surface area contributed by atoms with E-state index in [4.69, 9.17) is 11.6 Å². The van der Waals surface area contributed by atoms with E-state index in [1.807, 2.05) is 18.2 Å². The van der Waals surface area contributed by atoms with E-state index >= 15 is 0 Å². The van der Waals surface area contributed by atoms with Crippen LogP contribution in [0.1, 0.15) is 0 Å². The van der Waals surface area contributed by atoms with Gasteiger partial charge >= 0.3 is 0 Å². The minimum Gasteiger partial charge on any atom is -0.255 e. The van der Waals surface area contributed by atoms with Gasteiger partial charge in [-0.15, -0.1) is 0 Å². The van der Waals surface area contributed by atoms with Gasteiger partial charge in [-0.1, -0.05) is 38.9 Å². The molecule has 0 aliphatic carbocycles. The first-order valence-electron chi connectivity index (χ1n) is 5.78. The highest BCUT2D eigenvalue weighted by Crippen LogP contribution is 2.29. The maximum atomic E-state index is 12.3. The standard InChI is InChI=1S/C13H8BrClN2O2S2/c14-8-1-6-12-11(7-8)16-13(20-12)17-21(18,19)10-4-2-9(15)3-5-10/h1-7H,(H,16,17). The lowest BCUT2D eigenvalue weighted by atomic mass is 10.3. The summed E-state index contributed by atoms with van der Waals surface area (Å²) in [6, 6.07) is 11.6. The van der Waals surface area contributed by atoms with E-state index < -0.39 is 10.0 Å². The van der Waals surface area contributed by atoms with Gasteiger partial charge in [0, 0.05) is 9.50 Å². The molecule has 3 aromatic rings. The lowest BCUT2D eigenvalue weighted by molar-refractivity contribution is 0.601. The summed E-state index contributed by atoms with van der Waals surface area (Å²) in [4.78, 5) is 4.42. The van der Waals surface area contributed by atoms with Crippen molar-refractivity contribution >= 4 is 64.2 Å². The summed E-state index contributed by atoms with van der Waals surface area (Å²) in [7, 11) is -3.66. The summed E-state index contributed by atoms with van der Waals surface area (Å²) in [6.07, 6.45) is 0. The molecule has 0 fully saturated rings. The van der Waals surface area contributed by atoms with Crippen LogP contribution < -0.4 is 4.72 Å². The van der Waals surface area contributed by atoms with Gasteiger partial charge in [0.2, 0.25) is 0 Å². The topological polar surface area (TPSA) is 59.1 Å². The predicted octanol–water partition coefficient (Wildman–Crippen LogP) is 4.51. The van der Waals surface area contributed by atoms with Gasteiger partial charge in [0.1, 0.15) is 0 Å². The fraction of sp³-hybridized carbons (Fsp3) is 0. The maximum Gasteiger partial charge on any atom is 0.263 e. The molecular formula is C13H8BrClN2O2S2.